The summed E-state index contributed by atoms with van der Waals surface area (Å²) in [6.07, 6.45) is 2.52. The van der Waals surface area contributed by atoms with Crippen molar-refractivity contribution in [2.24, 2.45) is 10.2 Å². The summed E-state index contributed by atoms with van der Waals surface area (Å²) in [5.41, 5.74) is 2.69. The van der Waals surface area contributed by atoms with Gasteiger partial charge in [-0.05, 0) is 44.0 Å². The summed E-state index contributed by atoms with van der Waals surface area (Å²) in [6, 6.07) is 14.7. The van der Waals surface area contributed by atoms with E-state index < -0.39 is 0 Å². The average molecular weight is 392 g/mol. The van der Waals surface area contributed by atoms with Crippen molar-refractivity contribution in [1.82, 2.24) is 10.3 Å². The zero-order chi connectivity index (χ0) is 20.6. The Hall–Kier alpha value is -3.48. The van der Waals surface area contributed by atoms with E-state index in [1.54, 1.807) is 12.1 Å². The third-order valence-corrected chi connectivity index (χ3v) is 4.56. The van der Waals surface area contributed by atoms with Gasteiger partial charge in [-0.25, -0.2) is 0 Å². The number of carbonyl (C=O) groups excluding carboxylic acids is 2. The van der Waals surface area contributed by atoms with Crippen LogP contribution in [0.5, 0.6) is 5.88 Å². The molecule has 3 N–H and O–H groups in total. The number of carbonyl (C=O) groups is 2. The number of H-pyrrole nitrogens is 1. The van der Waals surface area contributed by atoms with Crippen molar-refractivity contribution < 1.29 is 14.7 Å². The van der Waals surface area contributed by atoms with Crippen molar-refractivity contribution in [2.75, 3.05) is 6.54 Å². The number of hydrogen-bond donors (Lipinski definition) is 3. The van der Waals surface area contributed by atoms with Crippen molar-refractivity contribution in [3.63, 3.8) is 0 Å². The first-order chi connectivity index (χ1) is 14.0. The van der Waals surface area contributed by atoms with E-state index in [2.05, 4.69) is 20.5 Å². The number of nitrogens with one attached hydrogen (secondary N) is 2. The van der Waals surface area contributed by atoms with Crippen LogP contribution in [0.4, 0.5) is 5.69 Å². The van der Waals surface area contributed by atoms with E-state index in [0.717, 1.165) is 29.3 Å². The average Bonchev–Trinajstić information content (AvgIpc) is 3.03. The molecule has 0 bridgehead atoms. The normalized spacial score (nSPS) is 11.2. The topological polar surface area (TPSA) is 107 Å². The summed E-state index contributed by atoms with van der Waals surface area (Å²) in [6.45, 7) is 2.50. The number of amides is 2. The number of hydrogen-bond acceptors (Lipinski definition) is 4. The molecule has 0 aliphatic heterocycles. The summed E-state index contributed by atoms with van der Waals surface area (Å²) in [5, 5.41) is 21.2. The van der Waals surface area contributed by atoms with Crippen molar-refractivity contribution >= 4 is 28.4 Å². The molecule has 0 aliphatic carbocycles. The summed E-state index contributed by atoms with van der Waals surface area (Å²) in [4.78, 5) is 26.7. The quantitative estimate of drug-likeness (QED) is 0.379. The van der Waals surface area contributed by atoms with E-state index in [1.807, 2.05) is 43.3 Å². The highest BCUT2D eigenvalue weighted by molar-refractivity contribution is 5.95. The number of aryl methyl sites for hydroxylation is 1. The minimum Gasteiger partial charge on any atom is -0.493 e. The van der Waals surface area contributed by atoms with E-state index in [1.165, 1.54) is 0 Å². The minimum absolute atomic E-state index is 0.0933. The minimum atomic E-state index is -0.334. The number of unbranched alkanes of at least 4 members (excludes halogenated alkanes) is 2. The maximum Gasteiger partial charge on any atom is 0.264 e. The second-order valence-corrected chi connectivity index (χ2v) is 6.90. The lowest BCUT2D eigenvalue weighted by Gasteiger charge is -2.04. The lowest BCUT2D eigenvalue weighted by Crippen LogP contribution is -2.24. The van der Waals surface area contributed by atoms with Gasteiger partial charge < -0.3 is 15.4 Å². The number of benzene rings is 2. The number of nitrogens with zero attached hydrogens (tertiary/aromatic N) is 2. The van der Waals surface area contributed by atoms with Crippen LogP contribution in [0.1, 0.15) is 41.6 Å². The molecule has 3 rings (SSSR count). The van der Waals surface area contributed by atoms with Crippen molar-refractivity contribution in [1.29, 1.82) is 0 Å². The number of azo groups is 1. The highest BCUT2D eigenvalue weighted by Gasteiger charge is 2.11. The number of aromatic nitrogens is 1. The molecule has 0 radical (unpaired) electrons. The van der Waals surface area contributed by atoms with Gasteiger partial charge in [0.05, 0.1) is 5.52 Å². The molecule has 7 nitrogen and oxygen atoms in total. The molecule has 1 aromatic heterocycles. The summed E-state index contributed by atoms with van der Waals surface area (Å²) in [5.74, 6) is -0.528. The Bertz CT molecular complexity index is 1030. The van der Waals surface area contributed by atoms with Crippen molar-refractivity contribution in [3.05, 3.63) is 59.7 Å². The van der Waals surface area contributed by atoms with Gasteiger partial charge in [0.25, 0.3) is 11.8 Å². The maximum absolute atomic E-state index is 12.0. The van der Waals surface area contributed by atoms with Gasteiger partial charge in [0, 0.05) is 23.9 Å². The Labute approximate surface area is 168 Å². The van der Waals surface area contributed by atoms with Crippen molar-refractivity contribution in [2.45, 2.75) is 32.6 Å². The standard InChI is InChI=1S/C22H24N4O3/c1-15-11-12-18-17(14-15)20(22(29)24-18)26-25-19(27)10-6-3-7-13-23-21(28)16-8-4-2-5-9-16/h2,4-5,8-9,11-12,14,24,29H,3,6-7,10,13H2,1H3,(H,23,28). The fourth-order valence-corrected chi connectivity index (χ4v) is 3.01. The van der Waals surface area contributed by atoms with E-state index in [4.69, 9.17) is 0 Å². The van der Waals surface area contributed by atoms with Crippen LogP contribution in [0, 0.1) is 6.92 Å². The number of rotatable bonds is 8. The largest absolute Gasteiger partial charge is 0.493 e. The molecule has 29 heavy (non-hydrogen) atoms. The molecule has 0 spiro atoms. The van der Waals surface area contributed by atoms with Gasteiger partial charge in [0.1, 0.15) is 0 Å². The molecule has 3 aromatic rings. The Balaban J connectivity index is 1.40. The SMILES string of the molecule is Cc1ccc2[nH]c(O)c(N=NC(=O)CCCCCNC(=O)c3ccccc3)c2c1. The Morgan fingerprint density at radius 3 is 2.66 bits per heavy atom. The fraction of sp³-hybridized carbons (Fsp3) is 0.273. The smallest absolute Gasteiger partial charge is 0.264 e. The second kappa shape index (κ2) is 9.64. The van der Waals surface area contributed by atoms with Gasteiger partial charge in [0.15, 0.2) is 5.69 Å². The first-order valence-electron chi connectivity index (χ1n) is 9.63. The van der Waals surface area contributed by atoms with Crippen LogP contribution in [0.2, 0.25) is 0 Å². The highest BCUT2D eigenvalue weighted by Crippen LogP contribution is 2.35. The first-order valence-corrected chi connectivity index (χ1v) is 9.63. The maximum atomic E-state index is 12.0. The van der Waals surface area contributed by atoms with Gasteiger partial charge in [0.2, 0.25) is 5.88 Å². The Kier molecular flexibility index (Phi) is 6.73. The molecular formula is C22H24N4O3. The molecule has 0 saturated carbocycles. The molecule has 0 saturated heterocycles. The van der Waals surface area contributed by atoms with Crippen LogP contribution >= 0.6 is 0 Å². The van der Waals surface area contributed by atoms with E-state index >= 15 is 0 Å². The lowest BCUT2D eigenvalue weighted by molar-refractivity contribution is -0.118. The molecular weight excluding hydrogens is 368 g/mol. The zero-order valence-corrected chi connectivity index (χ0v) is 16.3. The molecule has 0 unspecified atom stereocenters. The van der Waals surface area contributed by atoms with Crippen LogP contribution in [0.3, 0.4) is 0 Å². The van der Waals surface area contributed by atoms with E-state index in [-0.39, 0.29) is 29.8 Å². The van der Waals surface area contributed by atoms with Gasteiger partial charge >= 0.3 is 0 Å². The van der Waals surface area contributed by atoms with Gasteiger partial charge in [-0.3, -0.25) is 9.59 Å². The third kappa shape index (κ3) is 5.51. The number of aromatic hydroxyl groups is 1. The van der Waals surface area contributed by atoms with E-state index in [9.17, 15) is 14.7 Å². The Morgan fingerprint density at radius 2 is 1.86 bits per heavy atom. The fourth-order valence-electron chi connectivity index (χ4n) is 3.01. The molecule has 0 atom stereocenters. The van der Waals surface area contributed by atoms with Crippen molar-refractivity contribution in [3.8, 4) is 5.88 Å². The zero-order valence-electron chi connectivity index (χ0n) is 16.3. The molecule has 2 amide bonds. The number of aromatic amines is 1. The summed E-state index contributed by atoms with van der Waals surface area (Å²) >= 11 is 0. The Morgan fingerprint density at radius 1 is 1.07 bits per heavy atom. The second-order valence-electron chi connectivity index (χ2n) is 6.90. The predicted octanol–water partition coefficient (Wildman–Crippen LogP) is 4.78. The van der Waals surface area contributed by atoms with Crippen LogP contribution < -0.4 is 5.32 Å². The molecule has 0 aliphatic rings. The lowest BCUT2D eigenvalue weighted by atomic mass is 10.1. The molecule has 2 aromatic carbocycles. The summed E-state index contributed by atoms with van der Waals surface area (Å²) in [7, 11) is 0. The highest BCUT2D eigenvalue weighted by atomic mass is 16.3. The van der Waals surface area contributed by atoms with Crippen LogP contribution in [-0.2, 0) is 4.79 Å². The molecule has 1 heterocycles. The third-order valence-electron chi connectivity index (χ3n) is 4.56. The monoisotopic (exact) mass is 392 g/mol. The van der Waals surface area contributed by atoms with Gasteiger partial charge in [-0.1, -0.05) is 36.2 Å². The first kappa shape index (κ1) is 20.3. The summed E-state index contributed by atoms with van der Waals surface area (Å²) < 4.78 is 0. The van der Waals surface area contributed by atoms with Crippen LogP contribution in [0.15, 0.2) is 58.8 Å². The van der Waals surface area contributed by atoms with Gasteiger partial charge in [-0.2, -0.15) is 0 Å². The van der Waals surface area contributed by atoms with Crippen LogP contribution in [0.25, 0.3) is 10.9 Å². The van der Waals surface area contributed by atoms with Gasteiger partial charge in [-0.15, -0.1) is 10.2 Å². The van der Waals surface area contributed by atoms with Crippen LogP contribution in [-0.4, -0.2) is 28.4 Å². The van der Waals surface area contributed by atoms with E-state index in [0.29, 0.717) is 18.5 Å². The molecule has 7 heteroatoms. The predicted molar refractivity (Wildman–Crippen MR) is 111 cm³/mol. The number of fused-ring (bicyclic) bond motifs is 1. The molecule has 150 valence electrons. The molecule has 0 fully saturated rings.